The third-order valence-corrected chi connectivity index (χ3v) is 2.27. The topological polar surface area (TPSA) is 42.4 Å². The van der Waals surface area contributed by atoms with Crippen molar-refractivity contribution >= 4 is 17.5 Å². The minimum absolute atomic E-state index is 0.151. The fourth-order valence-electron chi connectivity index (χ4n) is 1.17. The number of amides is 1. The number of carbonyl (C=O) groups excluding carboxylic acids is 1. The van der Waals surface area contributed by atoms with E-state index in [1.807, 2.05) is 6.92 Å². The summed E-state index contributed by atoms with van der Waals surface area (Å²) in [5.41, 5.74) is 0.353. The monoisotopic (exact) mass is 242 g/mol. The van der Waals surface area contributed by atoms with Crippen molar-refractivity contribution in [3.05, 3.63) is 29.0 Å². The molecular formula is C11H15ClN2O2. The number of nitrogens with zero attached hydrogens (tertiary/aromatic N) is 2. The summed E-state index contributed by atoms with van der Waals surface area (Å²) >= 11 is 5.71. The fourth-order valence-corrected chi connectivity index (χ4v) is 1.33. The van der Waals surface area contributed by atoms with E-state index in [-0.39, 0.29) is 5.91 Å². The van der Waals surface area contributed by atoms with Crippen LogP contribution in [0.2, 0.25) is 5.15 Å². The van der Waals surface area contributed by atoms with Crippen LogP contribution in [-0.4, -0.2) is 42.6 Å². The Labute approximate surface area is 100 Å². The van der Waals surface area contributed by atoms with Crippen LogP contribution in [0.4, 0.5) is 0 Å². The van der Waals surface area contributed by atoms with E-state index in [2.05, 4.69) is 4.98 Å². The van der Waals surface area contributed by atoms with Crippen LogP contribution < -0.4 is 0 Å². The Hall–Kier alpha value is -1.13. The third kappa shape index (κ3) is 3.79. The molecule has 0 aliphatic carbocycles. The first kappa shape index (κ1) is 12.9. The highest BCUT2D eigenvalue weighted by atomic mass is 35.5. The van der Waals surface area contributed by atoms with Crippen LogP contribution in [0.1, 0.15) is 17.4 Å². The smallest absolute Gasteiger partial charge is 0.272 e. The maximum Gasteiger partial charge on any atom is 0.272 e. The molecule has 0 aliphatic rings. The molecule has 4 nitrogen and oxygen atoms in total. The molecule has 0 radical (unpaired) electrons. The summed E-state index contributed by atoms with van der Waals surface area (Å²) < 4.78 is 5.17. The molecule has 16 heavy (non-hydrogen) atoms. The molecule has 0 saturated carbocycles. The van der Waals surface area contributed by atoms with Crippen LogP contribution in [0.5, 0.6) is 0 Å². The van der Waals surface area contributed by atoms with Gasteiger partial charge in [-0.25, -0.2) is 4.98 Å². The minimum Gasteiger partial charge on any atom is -0.380 e. The fraction of sp³-hybridized carbons (Fsp3) is 0.455. The van der Waals surface area contributed by atoms with Crippen molar-refractivity contribution in [3.8, 4) is 0 Å². The minimum atomic E-state index is -0.151. The van der Waals surface area contributed by atoms with Crippen LogP contribution in [0, 0.1) is 0 Å². The van der Waals surface area contributed by atoms with E-state index in [4.69, 9.17) is 16.3 Å². The molecule has 0 fully saturated rings. The van der Waals surface area contributed by atoms with Gasteiger partial charge in [-0.3, -0.25) is 4.79 Å². The molecule has 5 heteroatoms. The Morgan fingerprint density at radius 3 is 2.94 bits per heavy atom. The number of pyridine rings is 1. The van der Waals surface area contributed by atoms with Crippen molar-refractivity contribution < 1.29 is 9.53 Å². The molecule has 1 aromatic heterocycles. The van der Waals surface area contributed by atoms with E-state index >= 15 is 0 Å². The standard InChI is InChI=1S/C11H15ClN2O2/c1-3-16-8-7-14(2)11(15)9-5-4-6-10(12)13-9/h4-6H,3,7-8H2,1-2H3. The first-order chi connectivity index (χ1) is 7.65. The molecule has 88 valence electrons. The zero-order chi connectivity index (χ0) is 12.0. The molecule has 0 bridgehead atoms. The number of aromatic nitrogens is 1. The van der Waals surface area contributed by atoms with Crippen LogP contribution in [0.15, 0.2) is 18.2 Å². The summed E-state index contributed by atoms with van der Waals surface area (Å²) in [4.78, 5) is 17.4. The van der Waals surface area contributed by atoms with Crippen LogP contribution >= 0.6 is 11.6 Å². The van der Waals surface area contributed by atoms with E-state index in [0.717, 1.165) is 0 Å². The summed E-state index contributed by atoms with van der Waals surface area (Å²) in [6.07, 6.45) is 0. The molecule has 1 amide bonds. The SMILES string of the molecule is CCOCCN(C)C(=O)c1cccc(Cl)n1. The highest BCUT2D eigenvalue weighted by Gasteiger charge is 2.12. The van der Waals surface area contributed by atoms with Crippen molar-refractivity contribution in [2.24, 2.45) is 0 Å². The van der Waals surface area contributed by atoms with Gasteiger partial charge in [0.15, 0.2) is 0 Å². The first-order valence-electron chi connectivity index (χ1n) is 5.11. The number of carbonyl (C=O) groups is 1. The zero-order valence-corrected chi connectivity index (χ0v) is 10.2. The second kappa shape index (κ2) is 6.45. The number of likely N-dealkylation sites (N-methyl/N-ethyl adjacent to an activating group) is 1. The highest BCUT2D eigenvalue weighted by Crippen LogP contribution is 2.06. The Kier molecular flexibility index (Phi) is 5.22. The third-order valence-electron chi connectivity index (χ3n) is 2.06. The van der Waals surface area contributed by atoms with E-state index in [1.54, 1.807) is 30.1 Å². The molecule has 1 aromatic rings. The Morgan fingerprint density at radius 1 is 1.56 bits per heavy atom. The molecule has 0 aliphatic heterocycles. The maximum atomic E-state index is 11.8. The number of hydrogen-bond acceptors (Lipinski definition) is 3. The van der Waals surface area contributed by atoms with Gasteiger partial charge < -0.3 is 9.64 Å². The Morgan fingerprint density at radius 2 is 2.31 bits per heavy atom. The summed E-state index contributed by atoms with van der Waals surface area (Å²) in [7, 11) is 1.71. The molecule has 0 spiro atoms. The lowest BCUT2D eigenvalue weighted by Gasteiger charge is -2.16. The van der Waals surface area contributed by atoms with E-state index in [9.17, 15) is 4.79 Å². The maximum absolute atomic E-state index is 11.8. The predicted octanol–water partition coefficient (Wildman–Crippen LogP) is 1.84. The molecular weight excluding hydrogens is 228 g/mol. The average molecular weight is 243 g/mol. The van der Waals surface area contributed by atoms with Crippen molar-refractivity contribution in [1.82, 2.24) is 9.88 Å². The van der Waals surface area contributed by atoms with Gasteiger partial charge in [-0.15, -0.1) is 0 Å². The van der Waals surface area contributed by atoms with E-state index in [0.29, 0.717) is 30.6 Å². The normalized spacial score (nSPS) is 10.2. The van der Waals surface area contributed by atoms with Gasteiger partial charge in [0.25, 0.3) is 5.91 Å². The number of rotatable bonds is 5. The van der Waals surface area contributed by atoms with Crippen molar-refractivity contribution in [2.45, 2.75) is 6.92 Å². The van der Waals surface area contributed by atoms with Crippen molar-refractivity contribution in [3.63, 3.8) is 0 Å². The van der Waals surface area contributed by atoms with Crippen LogP contribution in [0.25, 0.3) is 0 Å². The number of halogens is 1. The lowest BCUT2D eigenvalue weighted by molar-refractivity contribution is 0.0704. The molecule has 0 atom stereocenters. The Balaban J connectivity index is 2.56. The van der Waals surface area contributed by atoms with E-state index in [1.165, 1.54) is 0 Å². The lowest BCUT2D eigenvalue weighted by Crippen LogP contribution is -2.30. The lowest BCUT2D eigenvalue weighted by atomic mass is 10.3. The number of hydrogen-bond donors (Lipinski definition) is 0. The summed E-state index contributed by atoms with van der Waals surface area (Å²) in [6, 6.07) is 4.99. The molecule has 0 unspecified atom stereocenters. The van der Waals surface area contributed by atoms with Crippen molar-refractivity contribution in [2.75, 3.05) is 26.8 Å². The molecule has 1 heterocycles. The van der Waals surface area contributed by atoms with Gasteiger partial charge in [0.05, 0.1) is 6.61 Å². The second-order valence-corrected chi connectivity index (χ2v) is 3.66. The van der Waals surface area contributed by atoms with Gasteiger partial charge in [0.2, 0.25) is 0 Å². The highest BCUT2D eigenvalue weighted by molar-refractivity contribution is 6.29. The van der Waals surface area contributed by atoms with Gasteiger partial charge in [-0.2, -0.15) is 0 Å². The predicted molar refractivity (Wildman–Crippen MR) is 62.7 cm³/mol. The first-order valence-corrected chi connectivity index (χ1v) is 5.48. The zero-order valence-electron chi connectivity index (χ0n) is 9.44. The number of ether oxygens (including phenoxy) is 1. The second-order valence-electron chi connectivity index (χ2n) is 3.27. The molecule has 1 rings (SSSR count). The van der Waals surface area contributed by atoms with Crippen molar-refractivity contribution in [1.29, 1.82) is 0 Å². The van der Waals surface area contributed by atoms with Gasteiger partial charge in [0.1, 0.15) is 10.8 Å². The van der Waals surface area contributed by atoms with Gasteiger partial charge in [-0.1, -0.05) is 17.7 Å². The molecule has 0 aromatic carbocycles. The van der Waals surface area contributed by atoms with Gasteiger partial charge in [0, 0.05) is 20.2 Å². The Bertz CT molecular complexity index is 358. The quantitative estimate of drug-likeness (QED) is 0.585. The largest absolute Gasteiger partial charge is 0.380 e. The summed E-state index contributed by atoms with van der Waals surface area (Å²) in [5.74, 6) is -0.151. The van der Waals surface area contributed by atoms with Gasteiger partial charge in [-0.05, 0) is 19.1 Å². The van der Waals surface area contributed by atoms with Crippen LogP contribution in [-0.2, 0) is 4.74 Å². The van der Waals surface area contributed by atoms with E-state index < -0.39 is 0 Å². The van der Waals surface area contributed by atoms with Crippen LogP contribution in [0.3, 0.4) is 0 Å². The summed E-state index contributed by atoms with van der Waals surface area (Å²) in [5, 5.41) is 0.323. The van der Waals surface area contributed by atoms with Gasteiger partial charge >= 0.3 is 0 Å². The molecule has 0 N–H and O–H groups in total. The average Bonchev–Trinajstić information content (AvgIpc) is 2.28. The molecule has 0 saturated heterocycles. The summed E-state index contributed by atoms with van der Waals surface area (Å²) in [6.45, 7) is 3.64.